The molecule has 0 fully saturated rings. The quantitative estimate of drug-likeness (QED) is 0.235. The third kappa shape index (κ3) is 4.31. The van der Waals surface area contributed by atoms with Crippen LogP contribution in [0.1, 0.15) is 29.7 Å². The number of carbonyl (C=O) groups excluding carboxylic acids is 3. The highest BCUT2D eigenvalue weighted by Gasteiger charge is 2.51. The molecule has 1 aromatic heterocycles. The standard InChI is InChI=1S/C36H28N4O4/c1-22-30(36(43)40(38-22)25-16-10-5-11-17-25)32-31(28-21-37-29-19-18-26(44-2)20-27(28)29)34(41)39(35(32)42)33(23-12-6-3-7-13-23)24-14-8-4-9-15-24/h3-21,30,33,37H,1-2H3. The third-order valence-corrected chi connectivity index (χ3v) is 8.22. The van der Waals surface area contributed by atoms with Gasteiger partial charge in [0.15, 0.2) is 0 Å². The van der Waals surface area contributed by atoms with Gasteiger partial charge in [0.1, 0.15) is 11.7 Å². The minimum absolute atomic E-state index is 0.111. The van der Waals surface area contributed by atoms with E-state index in [0.29, 0.717) is 28.1 Å². The van der Waals surface area contributed by atoms with Gasteiger partial charge in [-0.3, -0.25) is 19.3 Å². The molecular formula is C36H28N4O4. The lowest BCUT2D eigenvalue weighted by Gasteiger charge is -2.28. The number of rotatable bonds is 7. The number of anilines is 1. The number of aromatic nitrogens is 1. The number of benzene rings is 4. The predicted molar refractivity (Wildman–Crippen MR) is 169 cm³/mol. The number of ether oxygens (including phenoxy) is 1. The number of amides is 3. The number of carbonyl (C=O) groups is 3. The average molecular weight is 581 g/mol. The van der Waals surface area contributed by atoms with Crippen LogP contribution in [0.4, 0.5) is 5.69 Å². The van der Waals surface area contributed by atoms with E-state index in [1.165, 1.54) is 9.91 Å². The van der Waals surface area contributed by atoms with E-state index in [-0.39, 0.29) is 11.1 Å². The Morgan fingerprint density at radius 1 is 0.795 bits per heavy atom. The van der Waals surface area contributed by atoms with Crippen molar-refractivity contribution in [2.45, 2.75) is 13.0 Å². The van der Waals surface area contributed by atoms with E-state index in [9.17, 15) is 14.4 Å². The molecule has 4 aromatic carbocycles. The summed E-state index contributed by atoms with van der Waals surface area (Å²) in [5, 5.41) is 6.59. The second-order valence-corrected chi connectivity index (χ2v) is 10.8. The number of methoxy groups -OCH3 is 1. The summed E-state index contributed by atoms with van der Waals surface area (Å²) in [5.74, 6) is -1.84. The summed E-state index contributed by atoms with van der Waals surface area (Å²) >= 11 is 0. The van der Waals surface area contributed by atoms with Gasteiger partial charge >= 0.3 is 0 Å². The Balaban J connectivity index is 1.44. The number of H-pyrrole nitrogens is 1. The highest BCUT2D eigenvalue weighted by atomic mass is 16.5. The molecule has 8 nitrogen and oxygen atoms in total. The molecule has 216 valence electrons. The SMILES string of the molecule is COc1ccc2[nH]cc(C3=C(C4C(=O)N(c5ccccc5)N=C4C)C(=O)N(C(c4ccccc4)c4ccccc4)C3=O)c2c1. The molecule has 1 atom stereocenters. The maximum Gasteiger partial charge on any atom is 0.262 e. The Hall–Kier alpha value is -5.76. The highest BCUT2D eigenvalue weighted by Crippen LogP contribution is 2.44. The first kappa shape index (κ1) is 27.1. The topological polar surface area (TPSA) is 95.1 Å². The molecule has 7 rings (SSSR count). The summed E-state index contributed by atoms with van der Waals surface area (Å²) in [6.07, 6.45) is 1.72. The first-order chi connectivity index (χ1) is 21.5. The zero-order valence-corrected chi connectivity index (χ0v) is 24.1. The van der Waals surface area contributed by atoms with Crippen molar-refractivity contribution >= 4 is 45.6 Å². The molecule has 0 radical (unpaired) electrons. The van der Waals surface area contributed by atoms with Gasteiger partial charge < -0.3 is 9.72 Å². The van der Waals surface area contributed by atoms with Crippen LogP contribution in [0.3, 0.4) is 0 Å². The molecule has 0 spiro atoms. The first-order valence-corrected chi connectivity index (χ1v) is 14.3. The summed E-state index contributed by atoms with van der Waals surface area (Å²) in [6, 6.07) is 32.8. The van der Waals surface area contributed by atoms with Crippen LogP contribution in [0.5, 0.6) is 5.75 Å². The largest absolute Gasteiger partial charge is 0.497 e. The molecule has 5 aromatic rings. The van der Waals surface area contributed by atoms with Crippen LogP contribution in [-0.2, 0) is 14.4 Å². The molecule has 1 unspecified atom stereocenters. The van der Waals surface area contributed by atoms with Gasteiger partial charge in [-0.15, -0.1) is 0 Å². The van der Waals surface area contributed by atoms with Crippen LogP contribution in [0.25, 0.3) is 16.5 Å². The number of nitrogens with zero attached hydrogens (tertiary/aromatic N) is 3. The van der Waals surface area contributed by atoms with Crippen molar-refractivity contribution in [2.75, 3.05) is 12.1 Å². The zero-order chi connectivity index (χ0) is 30.4. The number of hydrazone groups is 1. The van der Waals surface area contributed by atoms with Crippen LogP contribution < -0.4 is 9.75 Å². The van der Waals surface area contributed by atoms with Crippen molar-refractivity contribution < 1.29 is 19.1 Å². The lowest BCUT2D eigenvalue weighted by atomic mass is 9.88. The maximum absolute atomic E-state index is 14.8. The molecule has 0 bridgehead atoms. The fourth-order valence-corrected chi connectivity index (χ4v) is 6.17. The highest BCUT2D eigenvalue weighted by molar-refractivity contribution is 6.40. The summed E-state index contributed by atoms with van der Waals surface area (Å²) < 4.78 is 5.48. The Morgan fingerprint density at radius 3 is 2.02 bits per heavy atom. The van der Waals surface area contributed by atoms with E-state index in [4.69, 9.17) is 4.74 Å². The molecule has 0 aliphatic carbocycles. The summed E-state index contributed by atoms with van der Waals surface area (Å²) in [4.78, 5) is 48.2. The normalized spacial score (nSPS) is 16.9. The predicted octanol–water partition coefficient (Wildman–Crippen LogP) is 6.13. The Labute approximate surface area is 253 Å². The van der Waals surface area contributed by atoms with E-state index in [0.717, 1.165) is 16.6 Å². The lowest BCUT2D eigenvalue weighted by Crippen LogP contribution is -2.38. The number of nitrogens with one attached hydrogen (secondary N) is 1. The van der Waals surface area contributed by atoms with Crippen LogP contribution >= 0.6 is 0 Å². The van der Waals surface area contributed by atoms with Crippen molar-refractivity contribution in [1.82, 2.24) is 9.88 Å². The molecule has 3 amide bonds. The van der Waals surface area contributed by atoms with Crippen molar-refractivity contribution in [3.05, 3.63) is 138 Å². The first-order valence-electron chi connectivity index (χ1n) is 14.3. The van der Waals surface area contributed by atoms with E-state index in [1.54, 1.807) is 32.4 Å². The van der Waals surface area contributed by atoms with E-state index in [1.807, 2.05) is 97.1 Å². The Morgan fingerprint density at radius 2 is 1.41 bits per heavy atom. The van der Waals surface area contributed by atoms with Crippen LogP contribution in [-0.4, -0.2) is 40.4 Å². The Kier molecular flexibility index (Phi) is 6.66. The zero-order valence-electron chi connectivity index (χ0n) is 24.1. The molecule has 3 heterocycles. The van der Waals surface area contributed by atoms with Gasteiger partial charge in [-0.05, 0) is 48.4 Å². The maximum atomic E-state index is 14.8. The van der Waals surface area contributed by atoms with E-state index < -0.39 is 29.7 Å². The van der Waals surface area contributed by atoms with Gasteiger partial charge in [-0.25, -0.2) is 0 Å². The van der Waals surface area contributed by atoms with Gasteiger partial charge in [0.05, 0.1) is 30.1 Å². The van der Waals surface area contributed by atoms with Crippen molar-refractivity contribution in [3.63, 3.8) is 0 Å². The average Bonchev–Trinajstić information content (AvgIpc) is 3.69. The van der Waals surface area contributed by atoms with Crippen molar-refractivity contribution in [1.29, 1.82) is 0 Å². The monoisotopic (exact) mass is 580 g/mol. The van der Waals surface area contributed by atoms with E-state index >= 15 is 0 Å². The summed E-state index contributed by atoms with van der Waals surface area (Å²) in [6.45, 7) is 1.72. The molecular weight excluding hydrogens is 552 g/mol. The molecule has 0 saturated carbocycles. The second-order valence-electron chi connectivity index (χ2n) is 10.8. The molecule has 2 aliphatic rings. The fraction of sp³-hybridized carbons (Fsp3) is 0.111. The van der Waals surface area contributed by atoms with Crippen LogP contribution in [0.15, 0.2) is 126 Å². The van der Waals surface area contributed by atoms with Crippen LogP contribution in [0.2, 0.25) is 0 Å². The molecule has 1 N–H and O–H groups in total. The minimum Gasteiger partial charge on any atom is -0.497 e. The van der Waals surface area contributed by atoms with Gasteiger partial charge in [-0.1, -0.05) is 78.9 Å². The van der Waals surface area contributed by atoms with Gasteiger partial charge in [-0.2, -0.15) is 10.1 Å². The van der Waals surface area contributed by atoms with Gasteiger partial charge in [0.25, 0.3) is 17.7 Å². The summed E-state index contributed by atoms with van der Waals surface area (Å²) in [7, 11) is 1.57. The number of aromatic amines is 1. The van der Waals surface area contributed by atoms with E-state index in [2.05, 4.69) is 10.1 Å². The van der Waals surface area contributed by atoms with Crippen molar-refractivity contribution in [2.24, 2.45) is 11.0 Å². The number of fused-ring (bicyclic) bond motifs is 1. The molecule has 2 aliphatic heterocycles. The van der Waals surface area contributed by atoms with Gasteiger partial charge in [0, 0.05) is 28.2 Å². The molecule has 8 heteroatoms. The third-order valence-electron chi connectivity index (χ3n) is 8.22. The van der Waals surface area contributed by atoms with Crippen LogP contribution in [0, 0.1) is 5.92 Å². The van der Waals surface area contributed by atoms with Gasteiger partial charge in [0.2, 0.25) is 0 Å². The Bertz CT molecular complexity index is 1940. The molecule has 44 heavy (non-hydrogen) atoms. The smallest absolute Gasteiger partial charge is 0.262 e. The summed E-state index contributed by atoms with van der Waals surface area (Å²) in [5.41, 5.74) is 4.14. The number of para-hydroxylation sites is 1. The number of hydrogen-bond acceptors (Lipinski definition) is 5. The number of imide groups is 1. The number of hydrogen-bond donors (Lipinski definition) is 1. The second kappa shape index (κ2) is 10.8. The fourth-order valence-electron chi connectivity index (χ4n) is 6.17. The minimum atomic E-state index is -1.05. The molecule has 0 saturated heterocycles. The lowest BCUT2D eigenvalue weighted by molar-refractivity contribution is -0.139. The van der Waals surface area contributed by atoms with Crippen molar-refractivity contribution in [3.8, 4) is 5.75 Å².